The van der Waals surface area contributed by atoms with Crippen LogP contribution in [0.1, 0.15) is 11.1 Å². The summed E-state index contributed by atoms with van der Waals surface area (Å²) < 4.78 is 5.82. The first-order valence-electron chi connectivity index (χ1n) is 9.20. The van der Waals surface area contributed by atoms with E-state index in [0.717, 1.165) is 31.8 Å². The first-order chi connectivity index (χ1) is 15.0. The largest absolute Gasteiger partial charge is 0.504 e. The first-order valence-corrected chi connectivity index (χ1v) is 10.0. The van der Waals surface area contributed by atoms with Crippen LogP contribution < -0.4 is 4.74 Å². The summed E-state index contributed by atoms with van der Waals surface area (Å²) in [4.78, 5) is 20.0. The van der Waals surface area contributed by atoms with Crippen LogP contribution in [0.5, 0.6) is 11.5 Å². The van der Waals surface area contributed by atoms with Gasteiger partial charge in [0.15, 0.2) is 17.3 Å². The molecule has 0 aliphatic rings. The smallest absolute Gasteiger partial charge is 0.269 e. The number of phenols is 1. The molecule has 0 saturated heterocycles. The summed E-state index contributed by atoms with van der Waals surface area (Å²) in [5.41, 5.74) is 3.41. The van der Waals surface area contributed by atoms with Gasteiger partial charge in [-0.05, 0) is 47.9 Å². The van der Waals surface area contributed by atoms with Crippen molar-refractivity contribution in [2.45, 2.75) is 13.5 Å². The quantitative estimate of drug-likeness (QED) is 0.240. The molecule has 1 N–H and O–H groups in total. The summed E-state index contributed by atoms with van der Waals surface area (Å²) in [6.07, 6.45) is 1.44. The van der Waals surface area contributed by atoms with E-state index < -0.39 is 4.92 Å². The monoisotopic (exact) mass is 435 g/mol. The Kier molecular flexibility index (Phi) is 5.54. The van der Waals surface area contributed by atoms with Gasteiger partial charge in [-0.3, -0.25) is 10.1 Å². The zero-order valence-corrected chi connectivity index (χ0v) is 17.5. The van der Waals surface area contributed by atoms with Crippen LogP contribution in [0.25, 0.3) is 20.7 Å². The van der Waals surface area contributed by atoms with Crippen molar-refractivity contribution in [3.05, 3.63) is 70.0 Å². The van der Waals surface area contributed by atoms with Gasteiger partial charge in [0.1, 0.15) is 11.0 Å². The standard InChI is InChI=1S/C21H17N5O4S/c1-12-18-20(31-19(12)14-4-6-15(7-5-14)26(28)29)21(23-11-22-18)25-24-10-13-3-8-17(30-2)16(27)9-13/h3-9,11,27H,10H2,1-2H3. The SMILES string of the molecule is COc1ccc(CN=Nc2ncnc3c(C)c(-c4ccc([N+](=O)[O-])cc4)sc23)cc1O. The molecule has 0 radical (unpaired) electrons. The number of hydrogen-bond donors (Lipinski definition) is 1. The zero-order valence-electron chi connectivity index (χ0n) is 16.6. The lowest BCUT2D eigenvalue weighted by atomic mass is 10.1. The van der Waals surface area contributed by atoms with Gasteiger partial charge in [-0.25, -0.2) is 9.97 Å². The van der Waals surface area contributed by atoms with E-state index in [1.165, 1.54) is 36.9 Å². The number of aromatic hydroxyl groups is 1. The van der Waals surface area contributed by atoms with Crippen molar-refractivity contribution in [2.24, 2.45) is 10.2 Å². The summed E-state index contributed by atoms with van der Waals surface area (Å²) >= 11 is 1.47. The van der Waals surface area contributed by atoms with E-state index in [1.54, 1.807) is 30.3 Å². The highest BCUT2D eigenvalue weighted by molar-refractivity contribution is 7.23. The summed E-state index contributed by atoms with van der Waals surface area (Å²) in [6, 6.07) is 11.5. The summed E-state index contributed by atoms with van der Waals surface area (Å²) in [5, 5.41) is 29.3. The number of methoxy groups -OCH3 is 1. The average molecular weight is 435 g/mol. The molecule has 0 aliphatic heterocycles. The molecule has 31 heavy (non-hydrogen) atoms. The fraction of sp³-hybridized carbons (Fsp3) is 0.143. The number of nitro groups is 1. The number of thiophene rings is 1. The Morgan fingerprint density at radius 3 is 2.65 bits per heavy atom. The number of nitrogens with zero attached hydrogens (tertiary/aromatic N) is 5. The van der Waals surface area contributed by atoms with Crippen molar-refractivity contribution in [1.82, 2.24) is 9.97 Å². The van der Waals surface area contributed by atoms with Crippen LogP contribution in [-0.4, -0.2) is 27.1 Å². The molecule has 0 unspecified atom stereocenters. The van der Waals surface area contributed by atoms with Crippen molar-refractivity contribution in [1.29, 1.82) is 0 Å². The second kappa shape index (κ2) is 8.44. The molecule has 4 rings (SSSR count). The lowest BCUT2D eigenvalue weighted by Crippen LogP contribution is -1.87. The highest BCUT2D eigenvalue weighted by Gasteiger charge is 2.16. The number of rotatable bonds is 6. The Morgan fingerprint density at radius 1 is 1.19 bits per heavy atom. The van der Waals surface area contributed by atoms with Gasteiger partial charge < -0.3 is 9.84 Å². The molecule has 0 saturated carbocycles. The van der Waals surface area contributed by atoms with Gasteiger partial charge in [0.25, 0.3) is 5.69 Å². The minimum atomic E-state index is -0.423. The lowest BCUT2D eigenvalue weighted by Gasteiger charge is -2.03. The maximum absolute atomic E-state index is 10.9. The van der Waals surface area contributed by atoms with Gasteiger partial charge >= 0.3 is 0 Å². The Balaban J connectivity index is 1.63. The number of benzene rings is 2. The maximum Gasteiger partial charge on any atom is 0.269 e. The predicted molar refractivity (Wildman–Crippen MR) is 117 cm³/mol. The highest BCUT2D eigenvalue weighted by Crippen LogP contribution is 2.40. The molecule has 0 fully saturated rings. The van der Waals surface area contributed by atoms with Crippen molar-refractivity contribution in [3.8, 4) is 21.9 Å². The van der Waals surface area contributed by atoms with Crippen molar-refractivity contribution in [2.75, 3.05) is 7.11 Å². The number of non-ortho nitro benzene ring substituents is 1. The summed E-state index contributed by atoms with van der Waals surface area (Å²) in [7, 11) is 1.49. The van der Waals surface area contributed by atoms with Gasteiger partial charge in [-0.2, -0.15) is 5.11 Å². The molecule has 10 heteroatoms. The number of ether oxygens (including phenoxy) is 1. The summed E-state index contributed by atoms with van der Waals surface area (Å²) in [6.45, 7) is 2.21. The third-order valence-electron chi connectivity index (χ3n) is 4.69. The number of phenolic OH excluding ortho intramolecular Hbond substituents is 1. The van der Waals surface area contributed by atoms with Crippen LogP contribution in [0.2, 0.25) is 0 Å². The Labute approximate surface area is 180 Å². The van der Waals surface area contributed by atoms with E-state index >= 15 is 0 Å². The third kappa shape index (κ3) is 4.05. The molecule has 0 bridgehead atoms. The number of hydrogen-bond acceptors (Lipinski definition) is 9. The van der Waals surface area contributed by atoms with Crippen LogP contribution in [0.15, 0.2) is 59.0 Å². The second-order valence-corrected chi connectivity index (χ2v) is 7.66. The molecule has 2 aromatic carbocycles. The minimum absolute atomic E-state index is 0.0428. The van der Waals surface area contributed by atoms with Gasteiger partial charge in [-0.15, -0.1) is 16.5 Å². The maximum atomic E-state index is 10.9. The van der Waals surface area contributed by atoms with Crippen molar-refractivity contribution >= 4 is 33.1 Å². The predicted octanol–water partition coefficient (Wildman–Crippen LogP) is 5.57. The Morgan fingerprint density at radius 2 is 1.97 bits per heavy atom. The van der Waals surface area contributed by atoms with E-state index in [4.69, 9.17) is 4.74 Å². The molecule has 0 atom stereocenters. The van der Waals surface area contributed by atoms with Gasteiger partial charge in [0.2, 0.25) is 0 Å². The lowest BCUT2D eigenvalue weighted by molar-refractivity contribution is -0.384. The van der Waals surface area contributed by atoms with Crippen LogP contribution in [-0.2, 0) is 6.54 Å². The van der Waals surface area contributed by atoms with Crippen LogP contribution in [0.3, 0.4) is 0 Å². The van der Waals surface area contributed by atoms with Gasteiger partial charge in [0, 0.05) is 17.0 Å². The van der Waals surface area contributed by atoms with E-state index in [9.17, 15) is 15.2 Å². The molecule has 0 spiro atoms. The molecule has 156 valence electrons. The Hall–Kier alpha value is -3.92. The van der Waals surface area contributed by atoms with E-state index in [-0.39, 0.29) is 18.0 Å². The average Bonchev–Trinajstić information content (AvgIpc) is 3.11. The molecule has 0 amide bonds. The molecular formula is C21H17N5O4S. The molecule has 2 aromatic heterocycles. The van der Waals surface area contributed by atoms with Crippen LogP contribution in [0.4, 0.5) is 11.5 Å². The molecule has 9 nitrogen and oxygen atoms in total. The molecule has 0 aliphatic carbocycles. The molecule has 2 heterocycles. The zero-order chi connectivity index (χ0) is 22.0. The fourth-order valence-electron chi connectivity index (χ4n) is 3.11. The Bertz CT molecular complexity index is 1300. The van der Waals surface area contributed by atoms with Crippen LogP contribution in [0, 0.1) is 17.0 Å². The number of fused-ring (bicyclic) bond motifs is 1. The van der Waals surface area contributed by atoms with E-state index in [0.29, 0.717) is 11.6 Å². The number of aryl methyl sites for hydroxylation is 1. The third-order valence-corrected chi connectivity index (χ3v) is 6.01. The minimum Gasteiger partial charge on any atom is -0.504 e. The van der Waals surface area contributed by atoms with E-state index in [2.05, 4.69) is 20.2 Å². The summed E-state index contributed by atoms with van der Waals surface area (Å²) in [5.74, 6) is 0.885. The van der Waals surface area contributed by atoms with Gasteiger partial charge in [0.05, 0.1) is 24.1 Å². The topological polar surface area (TPSA) is 123 Å². The number of aromatic nitrogens is 2. The number of nitro benzene ring substituents is 1. The number of azo groups is 1. The second-order valence-electron chi connectivity index (χ2n) is 6.64. The van der Waals surface area contributed by atoms with Crippen molar-refractivity contribution in [3.63, 3.8) is 0 Å². The normalized spacial score (nSPS) is 11.3. The first kappa shape index (κ1) is 20.4. The molecule has 4 aromatic rings. The molecular weight excluding hydrogens is 418 g/mol. The van der Waals surface area contributed by atoms with Gasteiger partial charge in [-0.1, -0.05) is 6.07 Å². The highest BCUT2D eigenvalue weighted by atomic mass is 32.1. The van der Waals surface area contributed by atoms with E-state index in [1.807, 2.05) is 6.92 Å². The van der Waals surface area contributed by atoms with Crippen LogP contribution >= 0.6 is 11.3 Å². The fourth-order valence-corrected chi connectivity index (χ4v) is 4.31. The van der Waals surface area contributed by atoms with Crippen molar-refractivity contribution < 1.29 is 14.8 Å².